The number of aliphatic hydroxyl groups is 1. The second-order valence-electron chi connectivity index (χ2n) is 4.30. The monoisotopic (exact) mass is 313 g/mol. The van der Waals surface area contributed by atoms with Crippen LogP contribution in [-0.2, 0) is 0 Å². The van der Waals surface area contributed by atoms with Crippen LogP contribution in [0, 0.1) is 0 Å². The van der Waals surface area contributed by atoms with Crippen molar-refractivity contribution in [1.29, 1.82) is 0 Å². The minimum Gasteiger partial charge on any atom is -0.392 e. The number of benzene rings is 1. The molecule has 1 aromatic heterocycles. The van der Waals surface area contributed by atoms with E-state index in [0.717, 1.165) is 0 Å². The first kappa shape index (κ1) is 14.8. The predicted molar refractivity (Wildman–Crippen MR) is 77.6 cm³/mol. The third-order valence-electron chi connectivity index (χ3n) is 2.54. The van der Waals surface area contributed by atoms with Gasteiger partial charge in [0.05, 0.1) is 16.8 Å². The van der Waals surface area contributed by atoms with Crippen molar-refractivity contribution < 1.29 is 9.90 Å². The van der Waals surface area contributed by atoms with E-state index in [1.165, 1.54) is 4.68 Å². The number of nitrogens with zero attached hydrogens (tertiary/aromatic N) is 2. The van der Waals surface area contributed by atoms with Crippen LogP contribution in [0.1, 0.15) is 17.4 Å². The number of rotatable bonds is 4. The smallest absolute Gasteiger partial charge is 0.271 e. The number of amides is 1. The van der Waals surface area contributed by atoms with E-state index in [2.05, 4.69) is 10.4 Å². The Kier molecular flexibility index (Phi) is 4.65. The molecule has 1 aromatic carbocycles. The average Bonchev–Trinajstić information content (AvgIpc) is 2.85. The summed E-state index contributed by atoms with van der Waals surface area (Å²) in [4.78, 5) is 11.8. The molecule has 2 rings (SSSR count). The van der Waals surface area contributed by atoms with Gasteiger partial charge < -0.3 is 10.4 Å². The summed E-state index contributed by atoms with van der Waals surface area (Å²) in [7, 11) is 0. The van der Waals surface area contributed by atoms with E-state index in [4.69, 9.17) is 28.3 Å². The van der Waals surface area contributed by atoms with Gasteiger partial charge in [-0.15, -0.1) is 0 Å². The molecule has 0 spiro atoms. The third-order valence-corrected chi connectivity index (χ3v) is 3.07. The van der Waals surface area contributed by atoms with Crippen LogP contribution < -0.4 is 5.32 Å². The first-order chi connectivity index (χ1) is 9.47. The molecule has 0 aliphatic carbocycles. The van der Waals surface area contributed by atoms with Gasteiger partial charge in [-0.2, -0.15) is 5.10 Å². The van der Waals surface area contributed by atoms with Gasteiger partial charge in [-0.05, 0) is 31.2 Å². The molecule has 1 amide bonds. The van der Waals surface area contributed by atoms with Crippen LogP contribution in [-0.4, -0.2) is 33.4 Å². The first-order valence-corrected chi connectivity index (χ1v) is 6.70. The molecule has 0 bridgehead atoms. The second kappa shape index (κ2) is 6.26. The Bertz CT molecular complexity index is 626. The summed E-state index contributed by atoms with van der Waals surface area (Å²) in [6.45, 7) is 1.76. The Hall–Kier alpha value is -1.56. The van der Waals surface area contributed by atoms with Gasteiger partial charge in [0, 0.05) is 17.8 Å². The molecule has 106 valence electrons. The minimum atomic E-state index is -0.605. The van der Waals surface area contributed by atoms with Gasteiger partial charge in [0.2, 0.25) is 0 Å². The summed E-state index contributed by atoms with van der Waals surface area (Å²) in [5, 5.41) is 16.8. The van der Waals surface area contributed by atoms with E-state index < -0.39 is 6.10 Å². The summed E-state index contributed by atoms with van der Waals surface area (Å²) in [6, 6.07) is 6.59. The second-order valence-corrected chi connectivity index (χ2v) is 5.14. The highest BCUT2D eigenvalue weighted by Gasteiger charge is 2.12. The summed E-state index contributed by atoms with van der Waals surface area (Å²) >= 11 is 11.9. The number of aliphatic hydroxyl groups excluding tert-OH is 1. The Morgan fingerprint density at radius 2 is 2.20 bits per heavy atom. The lowest BCUT2D eigenvalue weighted by atomic mass is 10.3. The molecule has 0 saturated carbocycles. The lowest BCUT2D eigenvalue weighted by Crippen LogP contribution is -2.30. The summed E-state index contributed by atoms with van der Waals surface area (Å²) < 4.78 is 1.50. The van der Waals surface area contributed by atoms with E-state index >= 15 is 0 Å². The zero-order valence-electron chi connectivity index (χ0n) is 10.7. The zero-order chi connectivity index (χ0) is 14.7. The number of nitrogens with one attached hydrogen (secondary N) is 1. The van der Waals surface area contributed by atoms with Crippen LogP contribution in [0.2, 0.25) is 10.0 Å². The van der Waals surface area contributed by atoms with Crippen molar-refractivity contribution in [3.63, 3.8) is 0 Å². The van der Waals surface area contributed by atoms with Crippen molar-refractivity contribution in [2.24, 2.45) is 0 Å². The van der Waals surface area contributed by atoms with Crippen LogP contribution in [0.15, 0.2) is 30.5 Å². The first-order valence-electron chi connectivity index (χ1n) is 5.94. The maximum atomic E-state index is 11.8. The molecule has 5 nitrogen and oxygen atoms in total. The maximum Gasteiger partial charge on any atom is 0.271 e. The molecule has 20 heavy (non-hydrogen) atoms. The Labute approximate surface area is 126 Å². The fraction of sp³-hybridized carbons (Fsp3) is 0.231. The van der Waals surface area contributed by atoms with E-state index in [0.29, 0.717) is 15.7 Å². The molecule has 7 heteroatoms. The third kappa shape index (κ3) is 3.50. The summed E-state index contributed by atoms with van der Waals surface area (Å²) in [6.07, 6.45) is 1.03. The molecule has 1 unspecified atom stereocenters. The van der Waals surface area contributed by atoms with Gasteiger partial charge in [-0.1, -0.05) is 23.2 Å². The number of carbonyl (C=O) groups excluding carboxylic acids is 1. The Balaban J connectivity index is 2.18. The van der Waals surface area contributed by atoms with Crippen LogP contribution in [0.3, 0.4) is 0 Å². The molecule has 1 atom stereocenters. The predicted octanol–water partition coefficient (Wildman–Crippen LogP) is 2.29. The van der Waals surface area contributed by atoms with E-state index in [9.17, 15) is 4.79 Å². The number of halogens is 2. The molecule has 1 heterocycles. The van der Waals surface area contributed by atoms with Gasteiger partial charge in [-0.3, -0.25) is 4.79 Å². The van der Waals surface area contributed by atoms with Crippen LogP contribution >= 0.6 is 23.2 Å². The number of hydrogen-bond donors (Lipinski definition) is 2. The summed E-state index contributed by atoms with van der Waals surface area (Å²) in [5.41, 5.74) is 0.877. The highest BCUT2D eigenvalue weighted by atomic mass is 35.5. The van der Waals surface area contributed by atoms with Gasteiger partial charge in [-0.25, -0.2) is 4.68 Å². The highest BCUT2D eigenvalue weighted by Crippen LogP contribution is 2.23. The molecule has 0 aliphatic heterocycles. The van der Waals surface area contributed by atoms with Crippen molar-refractivity contribution in [1.82, 2.24) is 15.1 Å². The fourth-order valence-corrected chi connectivity index (χ4v) is 2.07. The lowest BCUT2D eigenvalue weighted by molar-refractivity contribution is 0.0918. The Morgan fingerprint density at radius 3 is 2.85 bits per heavy atom. The summed E-state index contributed by atoms with van der Waals surface area (Å²) in [5.74, 6) is -0.352. The SMILES string of the molecule is CC(O)CNC(=O)c1ccn(-c2ccc(Cl)cc2Cl)n1. The van der Waals surface area contributed by atoms with Crippen LogP contribution in [0.5, 0.6) is 0 Å². The van der Waals surface area contributed by atoms with Gasteiger partial charge in [0.1, 0.15) is 0 Å². The largest absolute Gasteiger partial charge is 0.392 e. The van der Waals surface area contributed by atoms with Gasteiger partial charge in [0.25, 0.3) is 5.91 Å². The van der Waals surface area contributed by atoms with Gasteiger partial charge >= 0.3 is 0 Å². The zero-order valence-corrected chi connectivity index (χ0v) is 12.2. The van der Waals surface area contributed by atoms with Crippen molar-refractivity contribution >= 4 is 29.1 Å². The topological polar surface area (TPSA) is 67.2 Å². The van der Waals surface area contributed by atoms with E-state index in [1.807, 2.05) is 0 Å². The molecular formula is C13H13Cl2N3O2. The van der Waals surface area contributed by atoms with E-state index in [1.54, 1.807) is 37.4 Å². The number of aromatic nitrogens is 2. The average molecular weight is 314 g/mol. The number of carbonyl (C=O) groups is 1. The van der Waals surface area contributed by atoms with E-state index in [-0.39, 0.29) is 18.1 Å². The molecule has 2 aromatic rings. The maximum absolute atomic E-state index is 11.8. The van der Waals surface area contributed by atoms with Crippen LogP contribution in [0.4, 0.5) is 0 Å². The molecule has 0 fully saturated rings. The lowest BCUT2D eigenvalue weighted by Gasteiger charge is -2.06. The van der Waals surface area contributed by atoms with Crippen molar-refractivity contribution in [3.8, 4) is 5.69 Å². The molecule has 0 saturated heterocycles. The van der Waals surface area contributed by atoms with Crippen molar-refractivity contribution in [2.45, 2.75) is 13.0 Å². The molecule has 0 radical (unpaired) electrons. The normalized spacial score (nSPS) is 12.2. The Morgan fingerprint density at radius 1 is 1.45 bits per heavy atom. The van der Waals surface area contributed by atoms with Crippen molar-refractivity contribution in [2.75, 3.05) is 6.54 Å². The van der Waals surface area contributed by atoms with Crippen molar-refractivity contribution in [3.05, 3.63) is 46.2 Å². The van der Waals surface area contributed by atoms with Crippen LogP contribution in [0.25, 0.3) is 5.69 Å². The number of hydrogen-bond acceptors (Lipinski definition) is 3. The molecule has 2 N–H and O–H groups in total. The minimum absolute atomic E-state index is 0.174. The van der Waals surface area contributed by atoms with Gasteiger partial charge in [0.15, 0.2) is 5.69 Å². The standard InChI is InChI=1S/C13H13Cl2N3O2/c1-8(19)7-16-13(20)11-4-5-18(17-11)12-3-2-9(14)6-10(12)15/h2-6,8,19H,7H2,1H3,(H,16,20). The quantitative estimate of drug-likeness (QED) is 0.910. The molecule has 0 aliphatic rings. The fourth-order valence-electron chi connectivity index (χ4n) is 1.58. The highest BCUT2D eigenvalue weighted by molar-refractivity contribution is 6.35. The molecular weight excluding hydrogens is 301 g/mol.